The van der Waals surface area contributed by atoms with Crippen LogP contribution in [0.4, 0.5) is 5.69 Å². The topological polar surface area (TPSA) is 73.9 Å². The molecule has 0 aromatic heterocycles. The summed E-state index contributed by atoms with van der Waals surface area (Å²) in [7, 11) is 0. The third-order valence-electron chi connectivity index (χ3n) is 3.78. The van der Waals surface area contributed by atoms with Gasteiger partial charge in [-0.1, -0.05) is 30.3 Å². The highest BCUT2D eigenvalue weighted by atomic mass is 16.7. The molecule has 130 valence electrons. The number of nitrogens with one attached hydrogen (secondary N) is 1. The molecular formula is C19H19NO5. The Morgan fingerprint density at radius 3 is 2.68 bits per heavy atom. The number of hydrogen-bond acceptors (Lipinski definition) is 5. The molecule has 25 heavy (non-hydrogen) atoms. The number of ether oxygens (including phenoxy) is 3. The van der Waals surface area contributed by atoms with Gasteiger partial charge in [0.05, 0.1) is 0 Å². The Morgan fingerprint density at radius 1 is 1.12 bits per heavy atom. The third kappa shape index (κ3) is 4.50. The fourth-order valence-electron chi connectivity index (χ4n) is 2.42. The van der Waals surface area contributed by atoms with Crippen LogP contribution in [0.5, 0.6) is 11.5 Å². The number of rotatable bonds is 6. The number of hydrogen-bond donors (Lipinski definition) is 1. The van der Waals surface area contributed by atoms with E-state index in [0.717, 1.165) is 5.56 Å². The molecule has 0 bridgehead atoms. The number of anilines is 1. The van der Waals surface area contributed by atoms with Crippen LogP contribution in [0.3, 0.4) is 0 Å². The van der Waals surface area contributed by atoms with Gasteiger partial charge in [-0.25, -0.2) is 0 Å². The number of esters is 1. The Balaban J connectivity index is 1.48. The summed E-state index contributed by atoms with van der Waals surface area (Å²) in [5, 5.41) is 2.70. The minimum Gasteiger partial charge on any atom is -0.454 e. The maximum Gasteiger partial charge on any atom is 0.306 e. The summed E-state index contributed by atoms with van der Waals surface area (Å²) in [4.78, 5) is 24.1. The zero-order valence-corrected chi connectivity index (χ0v) is 13.9. The number of amides is 1. The standard InChI is InChI=1S/C19H19NO5/c1-13(25-18(21)10-7-14-5-3-2-4-6-14)19(22)20-15-8-9-16-17(11-15)24-12-23-16/h2-6,8-9,11,13H,7,10,12H2,1H3,(H,20,22)/t13-/m1/s1. The predicted octanol–water partition coefficient (Wildman–Crippen LogP) is 2.92. The Labute approximate surface area is 145 Å². The van der Waals surface area contributed by atoms with Crippen molar-refractivity contribution < 1.29 is 23.8 Å². The molecule has 2 aromatic rings. The SMILES string of the molecule is C[C@@H](OC(=O)CCc1ccccc1)C(=O)Nc1ccc2c(c1)OCO2. The lowest BCUT2D eigenvalue weighted by atomic mass is 10.1. The summed E-state index contributed by atoms with van der Waals surface area (Å²) < 4.78 is 15.7. The lowest BCUT2D eigenvalue weighted by molar-refractivity contribution is -0.153. The molecule has 0 saturated carbocycles. The van der Waals surface area contributed by atoms with Crippen LogP contribution in [0.15, 0.2) is 48.5 Å². The van der Waals surface area contributed by atoms with Gasteiger partial charge in [-0.15, -0.1) is 0 Å². The van der Waals surface area contributed by atoms with Crippen LogP contribution >= 0.6 is 0 Å². The number of carbonyl (C=O) groups excluding carboxylic acids is 2. The van der Waals surface area contributed by atoms with Crippen molar-refractivity contribution in [3.8, 4) is 11.5 Å². The van der Waals surface area contributed by atoms with E-state index in [1.54, 1.807) is 25.1 Å². The molecule has 2 aromatic carbocycles. The van der Waals surface area contributed by atoms with Crippen LogP contribution in [0, 0.1) is 0 Å². The van der Waals surface area contributed by atoms with Gasteiger partial charge in [-0.3, -0.25) is 9.59 Å². The van der Waals surface area contributed by atoms with E-state index >= 15 is 0 Å². The molecule has 0 aliphatic carbocycles. The molecule has 3 rings (SSSR count). The first-order valence-electron chi connectivity index (χ1n) is 8.06. The fraction of sp³-hybridized carbons (Fsp3) is 0.263. The van der Waals surface area contributed by atoms with Crippen LogP contribution in [0.2, 0.25) is 0 Å². The van der Waals surface area contributed by atoms with E-state index in [-0.39, 0.29) is 13.2 Å². The van der Waals surface area contributed by atoms with E-state index in [2.05, 4.69) is 5.32 Å². The van der Waals surface area contributed by atoms with Gasteiger partial charge in [0.25, 0.3) is 5.91 Å². The average Bonchev–Trinajstić information content (AvgIpc) is 3.08. The highest BCUT2D eigenvalue weighted by molar-refractivity contribution is 5.95. The quantitative estimate of drug-likeness (QED) is 0.818. The molecule has 1 aliphatic rings. The maximum absolute atomic E-state index is 12.2. The summed E-state index contributed by atoms with van der Waals surface area (Å²) in [6, 6.07) is 14.7. The number of carbonyl (C=O) groups is 2. The van der Waals surface area contributed by atoms with E-state index in [1.165, 1.54) is 0 Å². The van der Waals surface area contributed by atoms with Gasteiger partial charge in [-0.05, 0) is 31.0 Å². The van der Waals surface area contributed by atoms with Crippen LogP contribution in [-0.2, 0) is 20.7 Å². The average molecular weight is 341 g/mol. The Morgan fingerprint density at radius 2 is 1.88 bits per heavy atom. The summed E-state index contributed by atoms with van der Waals surface area (Å²) >= 11 is 0. The lowest BCUT2D eigenvalue weighted by Gasteiger charge is -2.14. The molecule has 0 fully saturated rings. The van der Waals surface area contributed by atoms with Crippen LogP contribution < -0.4 is 14.8 Å². The van der Waals surface area contributed by atoms with Crippen LogP contribution in [0.1, 0.15) is 18.9 Å². The Hall–Kier alpha value is -3.02. The van der Waals surface area contributed by atoms with Gasteiger partial charge in [0.2, 0.25) is 6.79 Å². The predicted molar refractivity (Wildman–Crippen MR) is 91.5 cm³/mol. The van der Waals surface area contributed by atoms with Crippen molar-refractivity contribution in [2.45, 2.75) is 25.9 Å². The smallest absolute Gasteiger partial charge is 0.306 e. The first-order chi connectivity index (χ1) is 12.1. The van der Waals surface area contributed by atoms with E-state index in [9.17, 15) is 9.59 Å². The number of fused-ring (bicyclic) bond motifs is 1. The van der Waals surface area contributed by atoms with Gasteiger partial charge >= 0.3 is 5.97 Å². The number of aryl methyl sites for hydroxylation is 1. The van der Waals surface area contributed by atoms with Crippen molar-refractivity contribution in [1.29, 1.82) is 0 Å². The minimum atomic E-state index is -0.881. The summed E-state index contributed by atoms with van der Waals surface area (Å²) in [6.45, 7) is 1.71. The van der Waals surface area contributed by atoms with Crippen molar-refractivity contribution in [2.24, 2.45) is 0 Å². The lowest BCUT2D eigenvalue weighted by Crippen LogP contribution is -2.30. The van der Waals surface area contributed by atoms with Gasteiger partial charge in [-0.2, -0.15) is 0 Å². The molecule has 1 heterocycles. The monoisotopic (exact) mass is 341 g/mol. The molecule has 6 nitrogen and oxygen atoms in total. The maximum atomic E-state index is 12.2. The molecule has 1 aliphatic heterocycles. The largest absolute Gasteiger partial charge is 0.454 e. The van der Waals surface area contributed by atoms with Gasteiger partial charge in [0, 0.05) is 18.2 Å². The molecule has 0 unspecified atom stereocenters. The van der Waals surface area contributed by atoms with Gasteiger partial charge in [0.15, 0.2) is 17.6 Å². The molecule has 1 N–H and O–H groups in total. The van der Waals surface area contributed by atoms with Crippen molar-refractivity contribution in [1.82, 2.24) is 0 Å². The first kappa shape index (κ1) is 16.8. The zero-order chi connectivity index (χ0) is 17.6. The van der Waals surface area contributed by atoms with Crippen molar-refractivity contribution in [3.05, 3.63) is 54.1 Å². The molecule has 1 atom stereocenters. The van der Waals surface area contributed by atoms with Crippen molar-refractivity contribution in [3.63, 3.8) is 0 Å². The van der Waals surface area contributed by atoms with E-state index < -0.39 is 18.0 Å². The second kappa shape index (κ2) is 7.70. The minimum absolute atomic E-state index is 0.169. The van der Waals surface area contributed by atoms with Gasteiger partial charge in [0.1, 0.15) is 0 Å². The highest BCUT2D eigenvalue weighted by Gasteiger charge is 2.19. The Kier molecular flexibility index (Phi) is 5.18. The second-order valence-electron chi connectivity index (χ2n) is 5.67. The molecular weight excluding hydrogens is 322 g/mol. The van der Waals surface area contributed by atoms with E-state index in [4.69, 9.17) is 14.2 Å². The molecule has 0 saturated heterocycles. The van der Waals surface area contributed by atoms with Crippen molar-refractivity contribution >= 4 is 17.6 Å². The highest BCUT2D eigenvalue weighted by Crippen LogP contribution is 2.34. The van der Waals surface area contributed by atoms with Crippen LogP contribution in [-0.4, -0.2) is 24.8 Å². The van der Waals surface area contributed by atoms with Crippen molar-refractivity contribution in [2.75, 3.05) is 12.1 Å². The number of benzene rings is 2. The first-order valence-corrected chi connectivity index (χ1v) is 8.06. The molecule has 6 heteroatoms. The molecule has 0 radical (unpaired) electrons. The summed E-state index contributed by atoms with van der Waals surface area (Å²) in [6.07, 6.45) is -0.0735. The molecule has 0 spiro atoms. The van der Waals surface area contributed by atoms with Gasteiger partial charge < -0.3 is 19.5 Å². The zero-order valence-electron chi connectivity index (χ0n) is 13.9. The van der Waals surface area contributed by atoms with E-state index in [0.29, 0.717) is 23.6 Å². The normalized spacial score (nSPS) is 13.2. The Bertz CT molecular complexity index is 760. The second-order valence-corrected chi connectivity index (χ2v) is 5.67. The molecule has 1 amide bonds. The summed E-state index contributed by atoms with van der Waals surface area (Å²) in [5.74, 6) is 0.410. The fourth-order valence-corrected chi connectivity index (χ4v) is 2.42. The van der Waals surface area contributed by atoms with Crippen LogP contribution in [0.25, 0.3) is 0 Å². The third-order valence-corrected chi connectivity index (χ3v) is 3.78. The van der Waals surface area contributed by atoms with E-state index in [1.807, 2.05) is 30.3 Å². The summed E-state index contributed by atoms with van der Waals surface area (Å²) in [5.41, 5.74) is 1.61.